The summed E-state index contributed by atoms with van der Waals surface area (Å²) >= 11 is 0. The van der Waals surface area contributed by atoms with Gasteiger partial charge in [0.15, 0.2) is 0 Å². The molecule has 0 bridgehead atoms. The summed E-state index contributed by atoms with van der Waals surface area (Å²) in [6, 6.07) is 8.07. The molecule has 0 aliphatic heterocycles. The number of ether oxygens (including phenoxy) is 4. The van der Waals surface area contributed by atoms with Crippen LogP contribution in [-0.2, 0) is 30.3 Å². The number of rotatable bonds is 5. The molecule has 0 spiro atoms. The first-order chi connectivity index (χ1) is 18.8. The van der Waals surface area contributed by atoms with Gasteiger partial charge in [-0.3, -0.25) is 16.0 Å². The number of alkyl carbamates (subject to hydrolysis) is 3. The molecule has 3 N–H and O–H groups in total. The molecule has 1 aromatic carbocycles. The molecule has 0 heterocycles. The number of methoxy groups -OCH3 is 1. The fraction of sp³-hybridized carbons (Fsp3) is 0.500. The number of esters is 1. The monoisotopic (exact) mass is 586 g/mol. The van der Waals surface area contributed by atoms with Crippen molar-refractivity contribution in [3.05, 3.63) is 35.9 Å². The van der Waals surface area contributed by atoms with Crippen molar-refractivity contribution in [2.75, 3.05) is 13.7 Å². The Morgan fingerprint density at radius 3 is 1.80 bits per heavy atom. The molecule has 0 fully saturated rings. The molecular weight excluding hydrogens is 553 g/mol. The van der Waals surface area contributed by atoms with Crippen LogP contribution in [0.3, 0.4) is 0 Å². The minimum atomic E-state index is -5.46. The molecule has 1 rings (SSSR count). The predicted octanol–water partition coefficient (Wildman–Crippen LogP) is 3.80. The number of amides is 3. The van der Waals surface area contributed by atoms with Gasteiger partial charge in [-0.1, -0.05) is 42.2 Å². The van der Waals surface area contributed by atoms with Crippen molar-refractivity contribution >= 4 is 30.2 Å². The smallest absolute Gasteiger partial charge is 0.434 e. The topological polar surface area (TPSA) is 154 Å². The number of benzene rings is 1. The van der Waals surface area contributed by atoms with E-state index in [2.05, 4.69) is 20.4 Å². The SMILES string of the molecule is COC(=O)C(C#CCN=C(NC(=O)OC(C)(C)C)NC(=O)OC(C)(C)C)(NC(=O)OCc1ccccc1)C(F)(F)F. The van der Waals surface area contributed by atoms with E-state index in [9.17, 15) is 32.3 Å². The van der Waals surface area contributed by atoms with Crippen LogP contribution in [0.5, 0.6) is 0 Å². The third kappa shape index (κ3) is 12.5. The molecule has 1 atom stereocenters. The molecule has 15 heteroatoms. The molecule has 41 heavy (non-hydrogen) atoms. The lowest BCUT2D eigenvalue weighted by Gasteiger charge is -2.28. The number of aliphatic imine (C=N–C) groups is 1. The van der Waals surface area contributed by atoms with E-state index in [0.717, 1.165) is 0 Å². The molecule has 226 valence electrons. The van der Waals surface area contributed by atoms with Crippen LogP contribution in [0.2, 0.25) is 0 Å². The first-order valence-corrected chi connectivity index (χ1v) is 12.0. The van der Waals surface area contributed by atoms with Gasteiger partial charge in [0.2, 0.25) is 5.96 Å². The van der Waals surface area contributed by atoms with E-state index in [1.807, 2.05) is 5.92 Å². The second kappa shape index (κ2) is 14.2. The Bertz CT molecular complexity index is 1150. The van der Waals surface area contributed by atoms with Crippen LogP contribution < -0.4 is 16.0 Å². The third-order valence-corrected chi connectivity index (χ3v) is 4.25. The van der Waals surface area contributed by atoms with Crippen LogP contribution >= 0.6 is 0 Å². The molecule has 1 aromatic rings. The molecule has 0 aliphatic carbocycles. The molecule has 0 aromatic heterocycles. The Morgan fingerprint density at radius 2 is 1.37 bits per heavy atom. The van der Waals surface area contributed by atoms with Gasteiger partial charge in [-0.25, -0.2) is 24.2 Å². The average molecular weight is 587 g/mol. The summed E-state index contributed by atoms with van der Waals surface area (Å²) < 4.78 is 61.6. The summed E-state index contributed by atoms with van der Waals surface area (Å²) in [5, 5.41) is 5.68. The van der Waals surface area contributed by atoms with E-state index in [-0.39, 0.29) is 0 Å². The van der Waals surface area contributed by atoms with Crippen LogP contribution in [-0.4, -0.2) is 66.8 Å². The number of nitrogens with zero attached hydrogens (tertiary/aromatic N) is 1. The number of nitrogens with one attached hydrogen (secondary N) is 3. The third-order valence-electron chi connectivity index (χ3n) is 4.25. The van der Waals surface area contributed by atoms with Gasteiger partial charge in [0.1, 0.15) is 24.4 Å². The fourth-order valence-electron chi connectivity index (χ4n) is 2.66. The second-order valence-corrected chi connectivity index (χ2v) is 10.1. The number of carbonyl (C=O) groups excluding carboxylic acids is 4. The lowest BCUT2D eigenvalue weighted by atomic mass is 10.00. The highest BCUT2D eigenvalue weighted by atomic mass is 19.4. The normalized spacial score (nSPS) is 12.7. The molecule has 0 saturated heterocycles. The zero-order valence-corrected chi connectivity index (χ0v) is 23.6. The standard InChI is InChI=1S/C26H33F3N4O8/c1-23(2,3)40-20(35)31-19(32-21(36)41-24(4,5)6)30-15-11-14-25(18(34)38-7,26(27,28)29)33-22(37)39-16-17-12-9-8-10-13-17/h8-10,12-13H,15-16H2,1-7H3,(H,33,37)(H2,30,31,32,35,36). The van der Waals surface area contributed by atoms with Crippen LogP contribution in [0, 0.1) is 11.8 Å². The van der Waals surface area contributed by atoms with Gasteiger partial charge in [0.25, 0.3) is 5.54 Å². The van der Waals surface area contributed by atoms with Crippen LogP contribution in [0.25, 0.3) is 0 Å². The first-order valence-electron chi connectivity index (χ1n) is 12.0. The number of guanidine groups is 1. The highest BCUT2D eigenvalue weighted by Gasteiger charge is 2.62. The first kappa shape index (κ1) is 34.5. The maximum absolute atomic E-state index is 14.1. The van der Waals surface area contributed by atoms with E-state index in [4.69, 9.17) is 14.2 Å². The molecule has 0 radical (unpaired) electrons. The zero-order valence-electron chi connectivity index (χ0n) is 23.6. The number of hydrogen-bond acceptors (Lipinski definition) is 9. The lowest BCUT2D eigenvalue weighted by Crippen LogP contribution is -2.63. The van der Waals surface area contributed by atoms with Gasteiger partial charge in [-0.2, -0.15) is 13.2 Å². The van der Waals surface area contributed by atoms with Crippen LogP contribution in [0.4, 0.5) is 27.6 Å². The van der Waals surface area contributed by atoms with E-state index in [1.54, 1.807) is 77.8 Å². The Hall–Kier alpha value is -4.48. The fourth-order valence-corrected chi connectivity index (χ4v) is 2.66. The van der Waals surface area contributed by atoms with Gasteiger partial charge in [-0.05, 0) is 47.1 Å². The van der Waals surface area contributed by atoms with Crippen molar-refractivity contribution in [2.45, 2.75) is 71.1 Å². The van der Waals surface area contributed by atoms with Crippen molar-refractivity contribution in [1.82, 2.24) is 16.0 Å². The van der Waals surface area contributed by atoms with E-state index < -0.39 is 66.3 Å². The van der Waals surface area contributed by atoms with Gasteiger partial charge in [-0.15, -0.1) is 0 Å². The summed E-state index contributed by atoms with van der Waals surface area (Å²) in [6.07, 6.45) is -9.17. The zero-order chi connectivity index (χ0) is 31.5. The van der Waals surface area contributed by atoms with E-state index in [0.29, 0.717) is 12.7 Å². The van der Waals surface area contributed by atoms with Crippen LogP contribution in [0.15, 0.2) is 35.3 Å². The summed E-state index contributed by atoms with van der Waals surface area (Å²) in [5.41, 5.74) is -5.23. The van der Waals surface area contributed by atoms with Crippen molar-refractivity contribution in [1.29, 1.82) is 0 Å². The molecule has 0 aliphatic rings. The number of hydrogen-bond donors (Lipinski definition) is 3. The highest BCUT2D eigenvalue weighted by Crippen LogP contribution is 2.31. The summed E-state index contributed by atoms with van der Waals surface area (Å²) in [6.45, 7) is 8.20. The average Bonchev–Trinajstić information content (AvgIpc) is 2.81. The second-order valence-electron chi connectivity index (χ2n) is 10.1. The van der Waals surface area contributed by atoms with Crippen molar-refractivity contribution in [2.24, 2.45) is 4.99 Å². The largest absolute Gasteiger partial charge is 0.466 e. The molecular formula is C26H33F3N4O8. The summed E-state index contributed by atoms with van der Waals surface area (Å²) in [7, 11) is 0.674. The predicted molar refractivity (Wildman–Crippen MR) is 139 cm³/mol. The van der Waals surface area contributed by atoms with Gasteiger partial charge >= 0.3 is 30.4 Å². The molecule has 3 amide bonds. The molecule has 0 saturated carbocycles. The minimum absolute atomic E-state index is 0.393. The Kier molecular flexibility index (Phi) is 12.0. The van der Waals surface area contributed by atoms with Crippen molar-refractivity contribution < 1.29 is 51.3 Å². The molecule has 1 unspecified atom stereocenters. The number of carbonyl (C=O) groups is 4. The Balaban J connectivity index is 3.26. The maximum Gasteiger partial charge on any atom is 0.434 e. The van der Waals surface area contributed by atoms with Gasteiger partial charge in [0.05, 0.1) is 7.11 Å². The molecule has 12 nitrogen and oxygen atoms in total. The van der Waals surface area contributed by atoms with Gasteiger partial charge in [0, 0.05) is 0 Å². The van der Waals surface area contributed by atoms with Crippen LogP contribution in [0.1, 0.15) is 47.1 Å². The Morgan fingerprint density at radius 1 is 0.854 bits per heavy atom. The highest BCUT2D eigenvalue weighted by molar-refractivity contribution is 6.01. The number of alkyl halides is 3. The maximum atomic E-state index is 14.1. The van der Waals surface area contributed by atoms with E-state index >= 15 is 0 Å². The number of halogens is 3. The van der Waals surface area contributed by atoms with E-state index in [1.165, 1.54) is 5.32 Å². The van der Waals surface area contributed by atoms with Gasteiger partial charge < -0.3 is 18.9 Å². The van der Waals surface area contributed by atoms with Crippen molar-refractivity contribution in [3.8, 4) is 11.8 Å². The minimum Gasteiger partial charge on any atom is -0.466 e. The Labute approximate surface area is 235 Å². The summed E-state index contributed by atoms with van der Waals surface area (Å²) in [4.78, 5) is 52.6. The van der Waals surface area contributed by atoms with Crippen molar-refractivity contribution in [3.63, 3.8) is 0 Å². The quantitative estimate of drug-likeness (QED) is 0.155. The summed E-state index contributed by atoms with van der Waals surface area (Å²) in [5.74, 6) is 1.10. The lowest BCUT2D eigenvalue weighted by molar-refractivity contribution is -0.197.